The fourth-order valence-electron chi connectivity index (χ4n) is 1.68. The normalized spacial score (nSPS) is 10.3. The third-order valence-electron chi connectivity index (χ3n) is 2.68. The van der Waals surface area contributed by atoms with Crippen LogP contribution in [0, 0.1) is 6.92 Å². The minimum Gasteiger partial charge on any atom is -0.326 e. The van der Waals surface area contributed by atoms with E-state index in [1.54, 1.807) is 18.2 Å². The number of carbonyl (C=O) groups excluding carboxylic acids is 1. The lowest BCUT2D eigenvalue weighted by atomic mass is 10.1. The number of benzene rings is 2. The monoisotopic (exact) mass is 293 g/mol. The Balaban J connectivity index is 2.01. The molecule has 2 aromatic rings. The summed E-state index contributed by atoms with van der Waals surface area (Å²) in [6.07, 6.45) is 0.269. The van der Waals surface area contributed by atoms with Crippen molar-refractivity contribution >= 4 is 34.8 Å². The molecule has 0 radical (unpaired) electrons. The van der Waals surface area contributed by atoms with Crippen LogP contribution in [0.25, 0.3) is 0 Å². The van der Waals surface area contributed by atoms with Crippen LogP contribution in [0.4, 0.5) is 5.69 Å². The van der Waals surface area contributed by atoms with Crippen LogP contribution in [0.3, 0.4) is 0 Å². The minimum atomic E-state index is -0.0813. The average molecular weight is 294 g/mol. The first-order valence-corrected chi connectivity index (χ1v) is 6.60. The summed E-state index contributed by atoms with van der Waals surface area (Å²) in [4.78, 5) is 11.9. The van der Waals surface area contributed by atoms with E-state index >= 15 is 0 Å². The van der Waals surface area contributed by atoms with Crippen LogP contribution in [0.1, 0.15) is 11.1 Å². The van der Waals surface area contributed by atoms with Gasteiger partial charge in [0.15, 0.2) is 0 Å². The Bertz CT molecular complexity index is 594. The Morgan fingerprint density at radius 3 is 2.37 bits per heavy atom. The van der Waals surface area contributed by atoms with Crippen molar-refractivity contribution in [1.29, 1.82) is 0 Å². The number of hydrogen-bond acceptors (Lipinski definition) is 1. The van der Waals surface area contributed by atoms with E-state index in [1.807, 2.05) is 31.2 Å². The first-order valence-electron chi connectivity index (χ1n) is 5.85. The predicted octanol–water partition coefficient (Wildman–Crippen LogP) is 4.48. The van der Waals surface area contributed by atoms with Crippen LogP contribution >= 0.6 is 23.2 Å². The molecule has 19 heavy (non-hydrogen) atoms. The maximum atomic E-state index is 11.9. The van der Waals surface area contributed by atoms with Gasteiger partial charge in [-0.05, 0) is 36.8 Å². The summed E-state index contributed by atoms with van der Waals surface area (Å²) < 4.78 is 0. The standard InChI is InChI=1S/C15H13Cl2NO/c1-10-2-5-12(6-3-10)18-15(19)9-11-4-7-13(16)14(17)8-11/h2-8H,9H2,1H3,(H,18,19). The molecule has 0 heterocycles. The molecule has 0 aliphatic carbocycles. The minimum absolute atomic E-state index is 0.0813. The molecule has 0 atom stereocenters. The van der Waals surface area contributed by atoms with Gasteiger partial charge in [0, 0.05) is 5.69 Å². The number of carbonyl (C=O) groups is 1. The molecule has 0 fully saturated rings. The highest BCUT2D eigenvalue weighted by molar-refractivity contribution is 6.42. The molecule has 2 aromatic carbocycles. The molecule has 4 heteroatoms. The van der Waals surface area contributed by atoms with E-state index in [0.717, 1.165) is 16.8 Å². The first-order chi connectivity index (χ1) is 9.04. The van der Waals surface area contributed by atoms with Gasteiger partial charge in [0.1, 0.15) is 0 Å². The van der Waals surface area contributed by atoms with Crippen molar-refractivity contribution in [1.82, 2.24) is 0 Å². The van der Waals surface area contributed by atoms with Crippen LogP contribution in [0.15, 0.2) is 42.5 Å². The topological polar surface area (TPSA) is 29.1 Å². The van der Waals surface area contributed by atoms with Crippen molar-refractivity contribution in [3.8, 4) is 0 Å². The second kappa shape index (κ2) is 6.09. The first kappa shape index (κ1) is 13.9. The van der Waals surface area contributed by atoms with Gasteiger partial charge in [-0.1, -0.05) is 47.0 Å². The highest BCUT2D eigenvalue weighted by Gasteiger charge is 2.06. The van der Waals surface area contributed by atoms with Crippen LogP contribution < -0.4 is 5.32 Å². The summed E-state index contributed by atoms with van der Waals surface area (Å²) in [6.45, 7) is 2.00. The molecule has 1 N–H and O–H groups in total. The quantitative estimate of drug-likeness (QED) is 0.888. The number of nitrogens with one attached hydrogen (secondary N) is 1. The van der Waals surface area contributed by atoms with E-state index in [0.29, 0.717) is 10.0 Å². The summed E-state index contributed by atoms with van der Waals surface area (Å²) in [6, 6.07) is 12.9. The SMILES string of the molecule is Cc1ccc(NC(=O)Cc2ccc(Cl)c(Cl)c2)cc1. The molecule has 0 unspecified atom stereocenters. The van der Waals surface area contributed by atoms with Gasteiger partial charge in [0.25, 0.3) is 0 Å². The lowest BCUT2D eigenvalue weighted by Gasteiger charge is -2.06. The van der Waals surface area contributed by atoms with Crippen LogP contribution in [0.2, 0.25) is 10.0 Å². The molecule has 0 saturated heterocycles. The summed E-state index contributed by atoms with van der Waals surface area (Å²) in [7, 11) is 0. The van der Waals surface area contributed by atoms with E-state index in [9.17, 15) is 4.79 Å². The molecular weight excluding hydrogens is 281 g/mol. The largest absolute Gasteiger partial charge is 0.326 e. The average Bonchev–Trinajstić information content (AvgIpc) is 2.37. The molecule has 0 saturated carbocycles. The van der Waals surface area contributed by atoms with Crippen molar-refractivity contribution in [2.24, 2.45) is 0 Å². The lowest BCUT2D eigenvalue weighted by molar-refractivity contribution is -0.115. The summed E-state index contributed by atoms with van der Waals surface area (Å²) in [5.74, 6) is -0.0813. The zero-order valence-electron chi connectivity index (χ0n) is 10.4. The van der Waals surface area contributed by atoms with Crippen molar-refractivity contribution in [2.45, 2.75) is 13.3 Å². The third-order valence-corrected chi connectivity index (χ3v) is 3.42. The maximum Gasteiger partial charge on any atom is 0.228 e. The second-order valence-corrected chi connectivity index (χ2v) is 5.15. The van der Waals surface area contributed by atoms with Crippen molar-refractivity contribution in [2.75, 3.05) is 5.32 Å². The third kappa shape index (κ3) is 3.98. The Hall–Kier alpha value is -1.51. The van der Waals surface area contributed by atoms with Crippen LogP contribution in [-0.2, 0) is 11.2 Å². The summed E-state index contributed by atoms with van der Waals surface area (Å²) in [5, 5.41) is 3.79. The maximum absolute atomic E-state index is 11.9. The fourth-order valence-corrected chi connectivity index (χ4v) is 2.00. The van der Waals surface area contributed by atoms with Crippen LogP contribution in [0.5, 0.6) is 0 Å². The number of hydrogen-bond donors (Lipinski definition) is 1. The van der Waals surface area contributed by atoms with E-state index < -0.39 is 0 Å². The molecular formula is C15H13Cl2NO. The molecule has 1 amide bonds. The van der Waals surface area contributed by atoms with E-state index in [2.05, 4.69) is 5.32 Å². The van der Waals surface area contributed by atoms with E-state index in [1.165, 1.54) is 0 Å². The molecule has 0 spiro atoms. The predicted molar refractivity (Wildman–Crippen MR) is 80.0 cm³/mol. The Morgan fingerprint density at radius 1 is 1.05 bits per heavy atom. The number of halogens is 2. The Labute approximate surface area is 122 Å². The Kier molecular flexibility index (Phi) is 4.46. The molecule has 0 bridgehead atoms. The lowest BCUT2D eigenvalue weighted by Crippen LogP contribution is -2.14. The molecule has 0 aliphatic rings. The molecule has 2 rings (SSSR count). The van der Waals surface area contributed by atoms with Gasteiger partial charge in [-0.15, -0.1) is 0 Å². The van der Waals surface area contributed by atoms with Crippen molar-refractivity contribution in [3.63, 3.8) is 0 Å². The zero-order valence-corrected chi connectivity index (χ0v) is 11.9. The summed E-state index contributed by atoms with van der Waals surface area (Å²) in [5.41, 5.74) is 2.78. The second-order valence-electron chi connectivity index (χ2n) is 4.34. The van der Waals surface area contributed by atoms with Gasteiger partial charge in [0.2, 0.25) is 5.91 Å². The van der Waals surface area contributed by atoms with Crippen molar-refractivity contribution in [3.05, 3.63) is 63.6 Å². The molecule has 2 nitrogen and oxygen atoms in total. The van der Waals surface area contributed by atoms with Gasteiger partial charge in [0.05, 0.1) is 16.5 Å². The Morgan fingerprint density at radius 2 is 1.74 bits per heavy atom. The van der Waals surface area contributed by atoms with E-state index in [4.69, 9.17) is 23.2 Å². The fraction of sp³-hybridized carbons (Fsp3) is 0.133. The van der Waals surface area contributed by atoms with Gasteiger partial charge < -0.3 is 5.32 Å². The zero-order chi connectivity index (χ0) is 13.8. The van der Waals surface area contributed by atoms with Gasteiger partial charge in [-0.25, -0.2) is 0 Å². The van der Waals surface area contributed by atoms with Gasteiger partial charge >= 0.3 is 0 Å². The smallest absolute Gasteiger partial charge is 0.228 e. The highest BCUT2D eigenvalue weighted by atomic mass is 35.5. The van der Waals surface area contributed by atoms with Crippen LogP contribution in [-0.4, -0.2) is 5.91 Å². The number of rotatable bonds is 3. The molecule has 0 aromatic heterocycles. The van der Waals surface area contributed by atoms with Gasteiger partial charge in [-0.2, -0.15) is 0 Å². The van der Waals surface area contributed by atoms with Crippen molar-refractivity contribution < 1.29 is 4.79 Å². The van der Waals surface area contributed by atoms with Gasteiger partial charge in [-0.3, -0.25) is 4.79 Å². The molecule has 0 aliphatic heterocycles. The number of aryl methyl sites for hydroxylation is 1. The number of anilines is 1. The number of amides is 1. The highest BCUT2D eigenvalue weighted by Crippen LogP contribution is 2.23. The van der Waals surface area contributed by atoms with E-state index in [-0.39, 0.29) is 12.3 Å². The summed E-state index contributed by atoms with van der Waals surface area (Å²) >= 11 is 11.7. The molecule has 98 valence electrons.